The smallest absolute Gasteiger partial charge is 0.336 e. The van der Waals surface area contributed by atoms with Gasteiger partial charge in [0.1, 0.15) is 48.8 Å². The Bertz CT molecular complexity index is 1240. The molecule has 2 rings (SSSR count). The average Bonchev–Trinajstić information content (AvgIpc) is 3.02. The molecule has 10 atom stereocenters. The van der Waals surface area contributed by atoms with Crippen LogP contribution in [0.1, 0.15) is 27.7 Å². The Hall–Kier alpha value is -3.28. The van der Waals surface area contributed by atoms with Crippen molar-refractivity contribution >= 4 is 11.9 Å². The first-order valence-corrected chi connectivity index (χ1v) is 14.5. The van der Waals surface area contributed by atoms with Crippen molar-refractivity contribution in [3.05, 3.63) is 83.1 Å². The molecule has 2 aliphatic heterocycles. The normalized spacial score (nSPS) is 33.7. The Kier molecular flexibility index (Phi) is 15.9. The Morgan fingerprint density at radius 1 is 0.630 bits per heavy atom. The fourth-order valence-corrected chi connectivity index (χ4v) is 4.10. The van der Waals surface area contributed by atoms with Crippen molar-refractivity contribution in [2.45, 2.75) is 89.1 Å². The van der Waals surface area contributed by atoms with Crippen LogP contribution in [0, 0.1) is 0 Å². The van der Waals surface area contributed by atoms with Crippen LogP contribution in [-0.4, -0.2) is 127 Å². The van der Waals surface area contributed by atoms with Crippen LogP contribution in [-0.2, 0) is 28.5 Å². The summed E-state index contributed by atoms with van der Waals surface area (Å²) in [5, 5.41) is 79.1. The minimum Gasteiger partial charge on any atom is -0.478 e. The summed E-state index contributed by atoms with van der Waals surface area (Å²) in [6, 6.07) is 0. The summed E-state index contributed by atoms with van der Waals surface area (Å²) >= 11 is 0. The lowest BCUT2D eigenvalue weighted by molar-refractivity contribution is -0.326. The lowest BCUT2D eigenvalue weighted by atomic mass is 9.98. The number of hydrogen-bond acceptors (Lipinski definition) is 13. The molecule has 0 saturated carbocycles. The van der Waals surface area contributed by atoms with Crippen molar-refractivity contribution in [3.63, 3.8) is 0 Å². The molecular weight excluding hydrogens is 608 g/mol. The van der Waals surface area contributed by atoms with Crippen LogP contribution in [0.15, 0.2) is 83.1 Å². The Morgan fingerprint density at radius 3 is 1.63 bits per heavy atom. The number of rotatable bonds is 13. The summed E-state index contributed by atoms with van der Waals surface area (Å²) in [5.74, 6) is -1.86. The number of ether oxygens (including phenoxy) is 4. The fourth-order valence-electron chi connectivity index (χ4n) is 4.10. The number of allylic oxidation sites excluding steroid dienone is 12. The molecule has 256 valence electrons. The molecule has 2 heterocycles. The van der Waals surface area contributed by atoms with E-state index in [-0.39, 0.29) is 11.1 Å². The first-order chi connectivity index (χ1) is 21.7. The van der Waals surface area contributed by atoms with Gasteiger partial charge in [0.05, 0.1) is 13.2 Å². The van der Waals surface area contributed by atoms with E-state index in [2.05, 4.69) is 0 Å². The molecule has 0 bridgehead atoms. The second-order valence-electron chi connectivity index (χ2n) is 10.9. The third kappa shape index (κ3) is 11.5. The predicted molar refractivity (Wildman–Crippen MR) is 163 cm³/mol. The van der Waals surface area contributed by atoms with Crippen molar-refractivity contribution < 1.29 is 69.4 Å². The van der Waals surface area contributed by atoms with Gasteiger partial charge in [-0.1, -0.05) is 71.9 Å². The molecule has 10 unspecified atom stereocenters. The summed E-state index contributed by atoms with van der Waals surface area (Å²) in [4.78, 5) is 23.4. The van der Waals surface area contributed by atoms with Crippen LogP contribution in [0.5, 0.6) is 0 Å². The quantitative estimate of drug-likeness (QED) is 0.0725. The molecular formula is C32H44O14. The van der Waals surface area contributed by atoms with Crippen molar-refractivity contribution in [1.29, 1.82) is 0 Å². The van der Waals surface area contributed by atoms with Crippen LogP contribution < -0.4 is 0 Å². The third-order valence-electron chi connectivity index (χ3n) is 7.06. The zero-order valence-corrected chi connectivity index (χ0v) is 26.0. The van der Waals surface area contributed by atoms with E-state index in [1.807, 2.05) is 32.1 Å². The number of carbonyl (C=O) groups is 2. The van der Waals surface area contributed by atoms with Gasteiger partial charge in [0.25, 0.3) is 0 Å². The van der Waals surface area contributed by atoms with Crippen LogP contribution in [0.3, 0.4) is 0 Å². The molecule has 0 amide bonds. The van der Waals surface area contributed by atoms with Crippen LogP contribution in [0.25, 0.3) is 0 Å². The molecule has 0 aliphatic carbocycles. The fraction of sp³-hybridized carbons (Fsp3) is 0.500. The topological polar surface area (TPSA) is 233 Å². The van der Waals surface area contributed by atoms with Gasteiger partial charge in [-0.05, 0) is 27.7 Å². The minimum absolute atomic E-state index is 0.127. The van der Waals surface area contributed by atoms with Gasteiger partial charge in [-0.2, -0.15) is 0 Å². The van der Waals surface area contributed by atoms with E-state index >= 15 is 0 Å². The monoisotopic (exact) mass is 652 g/mol. The standard InChI is InChI=1S/C32H44O14/c1-17(11-7-13-19(3)29(40)41)9-5-6-10-18(2)12-8-14-20(4)30(42)46-32-28(39)26(37)24(35)22(45-32)16-43-31-27(38)25(36)23(34)21(15-33)44-31/h5-14,21-28,31-39H,15-16H2,1-4H3,(H,40,41)/b6-5+,11-7?,12-8+,17-9?,18-10+,19-13?,20-14+. The molecule has 8 N–H and O–H groups in total. The molecule has 14 heteroatoms. The number of carboxylic acids is 1. The highest BCUT2D eigenvalue weighted by Gasteiger charge is 2.48. The van der Waals surface area contributed by atoms with E-state index in [9.17, 15) is 45.3 Å². The highest BCUT2D eigenvalue weighted by Crippen LogP contribution is 2.26. The lowest BCUT2D eigenvalue weighted by Crippen LogP contribution is -2.61. The number of aliphatic hydroxyl groups is 7. The Balaban J connectivity index is 1.94. The van der Waals surface area contributed by atoms with E-state index in [1.54, 1.807) is 30.4 Å². The number of esters is 1. The van der Waals surface area contributed by atoms with Crippen molar-refractivity contribution in [2.75, 3.05) is 13.2 Å². The Labute approximate surface area is 266 Å². The number of aliphatic carboxylic acids is 1. The van der Waals surface area contributed by atoms with Gasteiger partial charge in [-0.15, -0.1) is 0 Å². The molecule has 0 aromatic heterocycles. The van der Waals surface area contributed by atoms with Gasteiger partial charge in [0.15, 0.2) is 6.29 Å². The molecule has 2 aliphatic rings. The highest BCUT2D eigenvalue weighted by atomic mass is 16.7. The first-order valence-electron chi connectivity index (χ1n) is 14.5. The molecule has 14 nitrogen and oxygen atoms in total. The summed E-state index contributed by atoms with van der Waals surface area (Å²) in [7, 11) is 0. The SMILES string of the molecule is CC(C=CC=C(C)C(=O)O)=C/C=C/C=C(C)/C=C/C=C(\C)C(=O)OC1OC(COC2OC(CO)C(O)C(O)C2O)C(O)C(O)C1O. The van der Waals surface area contributed by atoms with E-state index in [1.165, 1.54) is 26.0 Å². The Morgan fingerprint density at radius 2 is 1.11 bits per heavy atom. The maximum Gasteiger partial charge on any atom is 0.336 e. The van der Waals surface area contributed by atoms with Gasteiger partial charge in [-0.3, -0.25) is 0 Å². The van der Waals surface area contributed by atoms with Crippen LogP contribution in [0.4, 0.5) is 0 Å². The molecule has 0 aromatic carbocycles. The molecule has 2 fully saturated rings. The van der Waals surface area contributed by atoms with E-state index in [0.717, 1.165) is 11.1 Å². The lowest BCUT2D eigenvalue weighted by Gasteiger charge is -2.42. The molecule has 2 saturated heterocycles. The number of aliphatic hydroxyl groups excluding tert-OH is 7. The second kappa shape index (κ2) is 18.8. The van der Waals surface area contributed by atoms with Gasteiger partial charge < -0.3 is 59.8 Å². The average molecular weight is 653 g/mol. The number of carboxylic acid groups (broad SMARTS) is 1. The largest absolute Gasteiger partial charge is 0.478 e. The molecule has 0 radical (unpaired) electrons. The predicted octanol–water partition coefficient (Wildman–Crippen LogP) is -0.308. The summed E-state index contributed by atoms with van der Waals surface area (Å²) in [6.07, 6.45) is 0.855. The van der Waals surface area contributed by atoms with Gasteiger partial charge >= 0.3 is 11.9 Å². The van der Waals surface area contributed by atoms with Gasteiger partial charge in [-0.25, -0.2) is 9.59 Å². The third-order valence-corrected chi connectivity index (χ3v) is 7.06. The zero-order valence-electron chi connectivity index (χ0n) is 26.0. The first kappa shape index (κ1) is 38.9. The second-order valence-corrected chi connectivity index (χ2v) is 10.9. The van der Waals surface area contributed by atoms with Crippen LogP contribution >= 0.6 is 0 Å². The summed E-state index contributed by atoms with van der Waals surface area (Å²) < 4.78 is 21.3. The molecule has 0 aromatic rings. The van der Waals surface area contributed by atoms with Crippen molar-refractivity contribution in [1.82, 2.24) is 0 Å². The summed E-state index contributed by atoms with van der Waals surface area (Å²) in [6.45, 7) is 5.43. The van der Waals surface area contributed by atoms with Crippen LogP contribution in [0.2, 0.25) is 0 Å². The molecule has 46 heavy (non-hydrogen) atoms. The maximum atomic E-state index is 12.6. The minimum atomic E-state index is -1.80. The highest BCUT2D eigenvalue weighted by molar-refractivity contribution is 5.88. The van der Waals surface area contributed by atoms with Gasteiger partial charge in [0.2, 0.25) is 6.29 Å². The number of hydrogen-bond donors (Lipinski definition) is 8. The van der Waals surface area contributed by atoms with Gasteiger partial charge in [0, 0.05) is 11.1 Å². The van der Waals surface area contributed by atoms with E-state index in [4.69, 9.17) is 24.1 Å². The number of carbonyl (C=O) groups excluding carboxylic acids is 1. The zero-order chi connectivity index (χ0) is 34.6. The summed E-state index contributed by atoms with van der Waals surface area (Å²) in [5.41, 5.74) is 2.11. The van der Waals surface area contributed by atoms with E-state index in [0.29, 0.717) is 0 Å². The molecule has 0 spiro atoms. The van der Waals surface area contributed by atoms with Crippen molar-refractivity contribution in [2.24, 2.45) is 0 Å². The maximum absolute atomic E-state index is 12.6. The van der Waals surface area contributed by atoms with Crippen molar-refractivity contribution in [3.8, 4) is 0 Å². The van der Waals surface area contributed by atoms with E-state index < -0.39 is 86.6 Å².